The number of benzene rings is 2. The molecular formula is C21H26N2O2. The fraction of sp³-hybridized carbons (Fsp3) is 0.381. The fourth-order valence-corrected chi connectivity index (χ4v) is 3.08. The van der Waals surface area contributed by atoms with Crippen molar-refractivity contribution < 1.29 is 9.53 Å². The molecule has 25 heavy (non-hydrogen) atoms. The van der Waals surface area contributed by atoms with E-state index < -0.39 is 0 Å². The molecule has 1 aliphatic heterocycles. The third-order valence-corrected chi connectivity index (χ3v) is 4.49. The molecule has 2 aromatic carbocycles. The molecule has 2 aromatic rings. The second-order valence-electron chi connectivity index (χ2n) is 6.39. The van der Waals surface area contributed by atoms with Crippen molar-refractivity contribution in [3.8, 4) is 0 Å². The van der Waals surface area contributed by atoms with Gasteiger partial charge in [0.05, 0.1) is 13.2 Å². The van der Waals surface area contributed by atoms with Gasteiger partial charge in [-0.3, -0.25) is 4.79 Å². The summed E-state index contributed by atoms with van der Waals surface area (Å²) in [6.45, 7) is 3.82. The molecule has 0 aliphatic carbocycles. The van der Waals surface area contributed by atoms with E-state index in [9.17, 15) is 4.79 Å². The molecule has 0 unspecified atom stereocenters. The minimum Gasteiger partial charge on any atom is -0.375 e. The van der Waals surface area contributed by atoms with Crippen LogP contribution in [0, 0.1) is 0 Å². The van der Waals surface area contributed by atoms with Gasteiger partial charge in [0, 0.05) is 30.9 Å². The van der Waals surface area contributed by atoms with E-state index in [2.05, 4.69) is 10.2 Å². The topological polar surface area (TPSA) is 41.6 Å². The zero-order chi connectivity index (χ0) is 17.3. The Morgan fingerprint density at radius 2 is 1.68 bits per heavy atom. The van der Waals surface area contributed by atoms with Gasteiger partial charge in [-0.15, -0.1) is 0 Å². The second-order valence-corrected chi connectivity index (χ2v) is 6.39. The van der Waals surface area contributed by atoms with E-state index in [1.54, 1.807) is 0 Å². The molecule has 1 N–H and O–H groups in total. The first-order chi connectivity index (χ1) is 12.3. The van der Waals surface area contributed by atoms with Gasteiger partial charge >= 0.3 is 0 Å². The van der Waals surface area contributed by atoms with Gasteiger partial charge in [0.15, 0.2) is 0 Å². The van der Waals surface area contributed by atoms with Crippen molar-refractivity contribution in [3.05, 3.63) is 65.7 Å². The monoisotopic (exact) mass is 338 g/mol. The van der Waals surface area contributed by atoms with Crippen molar-refractivity contribution in [1.82, 2.24) is 5.32 Å². The number of amides is 1. The third kappa shape index (κ3) is 5.33. The number of piperidine rings is 1. The first-order valence-corrected chi connectivity index (χ1v) is 9.08. The number of anilines is 1. The summed E-state index contributed by atoms with van der Waals surface area (Å²) in [4.78, 5) is 14.6. The zero-order valence-corrected chi connectivity index (χ0v) is 14.6. The van der Waals surface area contributed by atoms with Crippen LogP contribution >= 0.6 is 0 Å². The van der Waals surface area contributed by atoms with E-state index in [1.807, 2.05) is 54.6 Å². The molecule has 1 fully saturated rings. The molecule has 0 aromatic heterocycles. The van der Waals surface area contributed by atoms with Gasteiger partial charge in [0.25, 0.3) is 5.91 Å². The average molecular weight is 338 g/mol. The van der Waals surface area contributed by atoms with E-state index in [4.69, 9.17) is 4.74 Å². The minimum atomic E-state index is -0.0477. The summed E-state index contributed by atoms with van der Waals surface area (Å²) in [6, 6.07) is 17.9. The standard InChI is InChI=1S/C21H26N2O2/c24-21(22-13-16-25-17-18-7-3-1-4-8-18)19-9-11-20(12-10-19)23-14-5-2-6-15-23/h1,3-4,7-12H,2,5-6,13-17H2,(H,22,24). The molecule has 0 bridgehead atoms. The van der Waals surface area contributed by atoms with Crippen molar-refractivity contribution >= 4 is 11.6 Å². The Hall–Kier alpha value is -2.33. The zero-order valence-electron chi connectivity index (χ0n) is 14.6. The van der Waals surface area contributed by atoms with Crippen LogP contribution in [0.2, 0.25) is 0 Å². The van der Waals surface area contributed by atoms with Gasteiger partial charge < -0.3 is 15.0 Å². The second kappa shape index (κ2) is 9.23. The number of rotatable bonds is 7. The molecule has 0 atom stereocenters. The van der Waals surface area contributed by atoms with Crippen molar-refractivity contribution in [1.29, 1.82) is 0 Å². The van der Waals surface area contributed by atoms with E-state index in [-0.39, 0.29) is 5.91 Å². The lowest BCUT2D eigenvalue weighted by Gasteiger charge is -2.28. The minimum absolute atomic E-state index is 0.0477. The van der Waals surface area contributed by atoms with E-state index >= 15 is 0 Å². The van der Waals surface area contributed by atoms with Gasteiger partial charge in [-0.1, -0.05) is 30.3 Å². The Bertz CT molecular complexity index is 649. The number of hydrogen-bond donors (Lipinski definition) is 1. The molecule has 0 saturated carbocycles. The lowest BCUT2D eigenvalue weighted by atomic mass is 10.1. The molecule has 1 amide bonds. The number of nitrogens with one attached hydrogen (secondary N) is 1. The van der Waals surface area contributed by atoms with Crippen molar-refractivity contribution in [2.75, 3.05) is 31.1 Å². The number of carbonyl (C=O) groups is 1. The van der Waals surface area contributed by atoms with Crippen LogP contribution < -0.4 is 10.2 Å². The average Bonchev–Trinajstić information content (AvgIpc) is 2.69. The van der Waals surface area contributed by atoms with Crippen LogP contribution in [0.15, 0.2) is 54.6 Å². The summed E-state index contributed by atoms with van der Waals surface area (Å²) < 4.78 is 5.58. The SMILES string of the molecule is O=C(NCCOCc1ccccc1)c1ccc(N2CCCCC2)cc1. The van der Waals surface area contributed by atoms with Crippen LogP contribution in [0.4, 0.5) is 5.69 Å². The van der Waals surface area contributed by atoms with Gasteiger partial charge in [-0.2, -0.15) is 0 Å². The molecule has 1 aliphatic rings. The molecule has 1 heterocycles. The Morgan fingerprint density at radius 1 is 0.960 bits per heavy atom. The Morgan fingerprint density at radius 3 is 2.40 bits per heavy atom. The summed E-state index contributed by atoms with van der Waals surface area (Å²) >= 11 is 0. The van der Waals surface area contributed by atoms with Crippen LogP contribution in [0.1, 0.15) is 35.2 Å². The third-order valence-electron chi connectivity index (χ3n) is 4.49. The maximum atomic E-state index is 12.2. The van der Waals surface area contributed by atoms with Crippen LogP contribution in [0.3, 0.4) is 0 Å². The lowest BCUT2D eigenvalue weighted by molar-refractivity contribution is 0.0901. The maximum absolute atomic E-state index is 12.2. The number of hydrogen-bond acceptors (Lipinski definition) is 3. The quantitative estimate of drug-likeness (QED) is 0.784. The highest BCUT2D eigenvalue weighted by Gasteiger charge is 2.11. The van der Waals surface area contributed by atoms with Crippen LogP contribution in [0.25, 0.3) is 0 Å². The van der Waals surface area contributed by atoms with Crippen molar-refractivity contribution in [2.45, 2.75) is 25.9 Å². The highest BCUT2D eigenvalue weighted by atomic mass is 16.5. The number of ether oxygens (including phenoxy) is 1. The fourth-order valence-electron chi connectivity index (χ4n) is 3.08. The predicted molar refractivity (Wildman–Crippen MR) is 101 cm³/mol. The normalized spacial score (nSPS) is 14.3. The Balaban J connectivity index is 1.39. The van der Waals surface area contributed by atoms with E-state index in [0.29, 0.717) is 25.3 Å². The summed E-state index contributed by atoms with van der Waals surface area (Å²) in [6.07, 6.45) is 3.83. The summed E-state index contributed by atoms with van der Waals surface area (Å²) in [5.74, 6) is -0.0477. The predicted octanol–water partition coefficient (Wildman–Crippen LogP) is 3.62. The van der Waals surface area contributed by atoms with Crippen LogP contribution in [0.5, 0.6) is 0 Å². The van der Waals surface area contributed by atoms with E-state index in [1.165, 1.54) is 24.9 Å². The highest BCUT2D eigenvalue weighted by molar-refractivity contribution is 5.94. The molecular weight excluding hydrogens is 312 g/mol. The molecule has 4 nitrogen and oxygen atoms in total. The smallest absolute Gasteiger partial charge is 0.251 e. The van der Waals surface area contributed by atoms with Crippen LogP contribution in [-0.4, -0.2) is 32.1 Å². The molecule has 1 saturated heterocycles. The van der Waals surface area contributed by atoms with Gasteiger partial charge in [0.2, 0.25) is 0 Å². The van der Waals surface area contributed by atoms with Gasteiger partial charge in [-0.25, -0.2) is 0 Å². The molecule has 0 radical (unpaired) electrons. The molecule has 0 spiro atoms. The maximum Gasteiger partial charge on any atom is 0.251 e. The first-order valence-electron chi connectivity index (χ1n) is 9.08. The van der Waals surface area contributed by atoms with Crippen LogP contribution in [-0.2, 0) is 11.3 Å². The van der Waals surface area contributed by atoms with E-state index in [0.717, 1.165) is 18.7 Å². The lowest BCUT2D eigenvalue weighted by Crippen LogP contribution is -2.29. The number of nitrogens with zero attached hydrogens (tertiary/aromatic N) is 1. The summed E-state index contributed by atoms with van der Waals surface area (Å²) in [5, 5.41) is 2.91. The van der Waals surface area contributed by atoms with Crippen molar-refractivity contribution in [2.24, 2.45) is 0 Å². The summed E-state index contributed by atoms with van der Waals surface area (Å²) in [7, 11) is 0. The highest BCUT2D eigenvalue weighted by Crippen LogP contribution is 2.20. The molecule has 132 valence electrons. The van der Waals surface area contributed by atoms with Gasteiger partial charge in [0.1, 0.15) is 0 Å². The van der Waals surface area contributed by atoms with Crippen molar-refractivity contribution in [3.63, 3.8) is 0 Å². The van der Waals surface area contributed by atoms with Gasteiger partial charge in [-0.05, 0) is 49.1 Å². The summed E-state index contributed by atoms with van der Waals surface area (Å²) in [5.41, 5.74) is 3.05. The Kier molecular flexibility index (Phi) is 6.46. The Labute approximate surface area is 149 Å². The molecule has 3 rings (SSSR count). The molecule has 4 heteroatoms. The number of carbonyl (C=O) groups excluding carboxylic acids is 1. The largest absolute Gasteiger partial charge is 0.375 e. The first kappa shape index (κ1) is 17.5.